The molecule has 0 aliphatic heterocycles. The molecule has 0 amide bonds. The number of phenols is 1. The summed E-state index contributed by atoms with van der Waals surface area (Å²) in [6.45, 7) is 5.22. The van der Waals surface area contributed by atoms with E-state index < -0.39 is 23.9 Å². The molecule has 0 aliphatic rings. The van der Waals surface area contributed by atoms with Crippen LogP contribution in [0.2, 0.25) is 0 Å². The number of aliphatic hydroxyl groups is 4. The molecular formula is C28H44O7. The second-order valence-electron chi connectivity index (χ2n) is 10.6. The summed E-state index contributed by atoms with van der Waals surface area (Å²) >= 11 is 0. The van der Waals surface area contributed by atoms with Crippen molar-refractivity contribution in [2.75, 3.05) is 0 Å². The zero-order valence-electron chi connectivity index (χ0n) is 21.5. The van der Waals surface area contributed by atoms with E-state index in [1.54, 1.807) is 26.8 Å². The highest BCUT2D eigenvalue weighted by atomic mass is 16.3. The highest BCUT2D eigenvalue weighted by molar-refractivity contribution is 5.82. The Kier molecular flexibility index (Phi) is 11.7. The van der Waals surface area contributed by atoms with Crippen LogP contribution in [0.4, 0.5) is 0 Å². The maximum Gasteiger partial charge on any atom is 0.193 e. The number of aromatic hydroxyl groups is 1. The topological polar surface area (TPSA) is 131 Å². The van der Waals surface area contributed by atoms with Crippen LogP contribution in [0.25, 0.3) is 11.0 Å². The number of rotatable bonds is 16. The van der Waals surface area contributed by atoms with E-state index in [1.165, 1.54) is 12.1 Å². The van der Waals surface area contributed by atoms with Crippen LogP contribution in [-0.4, -0.2) is 49.4 Å². The molecule has 0 fully saturated rings. The Hall–Kier alpha value is -1.93. The molecule has 5 N–H and O–H groups in total. The van der Waals surface area contributed by atoms with Crippen molar-refractivity contribution in [3.8, 4) is 5.75 Å². The zero-order chi connectivity index (χ0) is 26.0. The molecule has 0 spiro atoms. The number of unbranched alkanes of at least 4 members (excludes halogenated alkanes) is 5. The van der Waals surface area contributed by atoms with Crippen LogP contribution in [0.1, 0.15) is 96.3 Å². The van der Waals surface area contributed by atoms with Gasteiger partial charge in [0.1, 0.15) is 17.1 Å². The molecule has 0 radical (unpaired) electrons. The summed E-state index contributed by atoms with van der Waals surface area (Å²) < 4.78 is 5.74. The van der Waals surface area contributed by atoms with Crippen molar-refractivity contribution in [3.63, 3.8) is 0 Å². The van der Waals surface area contributed by atoms with E-state index in [0.29, 0.717) is 36.0 Å². The largest absolute Gasteiger partial charge is 0.508 e. The molecule has 35 heavy (non-hydrogen) atoms. The molecule has 0 bridgehead atoms. The van der Waals surface area contributed by atoms with Crippen molar-refractivity contribution in [3.05, 3.63) is 39.7 Å². The molecule has 1 aromatic heterocycles. The number of aliphatic hydroxyl groups excluding tert-OH is 3. The fraction of sp³-hybridized carbons (Fsp3) is 0.679. The minimum Gasteiger partial charge on any atom is -0.508 e. The van der Waals surface area contributed by atoms with Crippen LogP contribution in [-0.2, 0) is 12.8 Å². The van der Waals surface area contributed by atoms with Crippen LogP contribution >= 0.6 is 0 Å². The molecule has 3 unspecified atom stereocenters. The van der Waals surface area contributed by atoms with Crippen molar-refractivity contribution in [2.24, 2.45) is 0 Å². The Morgan fingerprint density at radius 2 is 1.49 bits per heavy atom. The SMILES string of the molecule is CC(O)Cc1cc(=O)c2c(CCCCCCC(O)C(O)CCCCCC(C)(C)O)cc(O)cc2o1. The standard InChI is InChI=1S/C28H44O7/c1-19(29)15-22-18-25(33)27-20(16-21(30)17-26(27)35-22)11-7-4-5-8-12-23(31)24(32)13-9-6-10-14-28(2,3)34/h16-19,23-24,29-32,34H,4-15H2,1-3H3. The van der Waals surface area contributed by atoms with Crippen molar-refractivity contribution in [1.82, 2.24) is 0 Å². The molecule has 1 heterocycles. The quantitative estimate of drug-likeness (QED) is 0.220. The summed E-state index contributed by atoms with van der Waals surface area (Å²) in [5.74, 6) is 0.436. The van der Waals surface area contributed by atoms with Gasteiger partial charge in [0.15, 0.2) is 5.43 Å². The normalized spacial score (nSPS) is 14.8. The Morgan fingerprint density at radius 3 is 2.09 bits per heavy atom. The van der Waals surface area contributed by atoms with Gasteiger partial charge in [-0.2, -0.15) is 0 Å². The number of hydrogen-bond donors (Lipinski definition) is 5. The molecule has 3 atom stereocenters. The molecule has 2 rings (SSSR count). The van der Waals surface area contributed by atoms with Gasteiger partial charge in [-0.25, -0.2) is 0 Å². The third-order valence-electron chi connectivity index (χ3n) is 6.37. The van der Waals surface area contributed by atoms with Crippen LogP contribution in [0, 0.1) is 0 Å². The highest BCUT2D eigenvalue weighted by Crippen LogP contribution is 2.25. The van der Waals surface area contributed by atoms with Crippen molar-refractivity contribution in [1.29, 1.82) is 0 Å². The Bertz CT molecular complexity index is 958. The van der Waals surface area contributed by atoms with Gasteiger partial charge in [0.25, 0.3) is 0 Å². The number of phenolic OH excluding ortho intramolecular Hbond substituents is 1. The molecule has 7 nitrogen and oxygen atoms in total. The fourth-order valence-corrected chi connectivity index (χ4v) is 4.49. The lowest BCUT2D eigenvalue weighted by molar-refractivity contribution is 0.00670. The molecular weight excluding hydrogens is 448 g/mol. The Balaban J connectivity index is 1.74. The number of benzene rings is 1. The Labute approximate surface area is 208 Å². The first-order chi connectivity index (χ1) is 16.5. The van der Waals surface area contributed by atoms with Gasteiger partial charge in [0.05, 0.1) is 29.3 Å². The van der Waals surface area contributed by atoms with Crippen LogP contribution in [0.3, 0.4) is 0 Å². The van der Waals surface area contributed by atoms with Crippen molar-refractivity contribution < 1.29 is 29.9 Å². The summed E-state index contributed by atoms with van der Waals surface area (Å²) in [5, 5.41) is 50.2. The second-order valence-corrected chi connectivity index (χ2v) is 10.6. The molecule has 0 saturated carbocycles. The first kappa shape index (κ1) is 29.3. The van der Waals surface area contributed by atoms with E-state index in [9.17, 15) is 30.3 Å². The molecule has 0 aliphatic carbocycles. The molecule has 198 valence electrons. The second kappa shape index (κ2) is 14.0. The van der Waals surface area contributed by atoms with E-state index in [1.807, 2.05) is 0 Å². The average Bonchev–Trinajstić information content (AvgIpc) is 2.73. The number of hydrogen-bond acceptors (Lipinski definition) is 7. The van der Waals surface area contributed by atoms with Gasteiger partial charge in [-0.3, -0.25) is 4.79 Å². The van der Waals surface area contributed by atoms with Crippen LogP contribution < -0.4 is 5.43 Å². The lowest BCUT2D eigenvalue weighted by atomic mass is 9.97. The molecule has 1 aromatic carbocycles. The lowest BCUT2D eigenvalue weighted by Gasteiger charge is -2.19. The predicted octanol–water partition coefficient (Wildman–Crippen LogP) is 4.36. The fourth-order valence-electron chi connectivity index (χ4n) is 4.49. The zero-order valence-corrected chi connectivity index (χ0v) is 21.5. The number of aryl methyl sites for hydroxylation is 1. The van der Waals surface area contributed by atoms with Gasteiger partial charge in [0.2, 0.25) is 0 Å². The van der Waals surface area contributed by atoms with Gasteiger partial charge >= 0.3 is 0 Å². The van der Waals surface area contributed by atoms with Crippen molar-refractivity contribution in [2.45, 2.75) is 122 Å². The smallest absolute Gasteiger partial charge is 0.193 e. The first-order valence-corrected chi connectivity index (χ1v) is 13.0. The van der Waals surface area contributed by atoms with E-state index in [0.717, 1.165) is 56.9 Å². The third kappa shape index (κ3) is 10.7. The predicted molar refractivity (Wildman–Crippen MR) is 138 cm³/mol. The summed E-state index contributed by atoms with van der Waals surface area (Å²) in [6, 6.07) is 4.46. The molecule has 2 aromatic rings. The summed E-state index contributed by atoms with van der Waals surface area (Å²) in [4.78, 5) is 12.7. The van der Waals surface area contributed by atoms with Gasteiger partial charge in [-0.1, -0.05) is 38.5 Å². The summed E-state index contributed by atoms with van der Waals surface area (Å²) in [5.41, 5.74) is 0.258. The van der Waals surface area contributed by atoms with Crippen LogP contribution in [0.5, 0.6) is 5.75 Å². The maximum atomic E-state index is 12.7. The Morgan fingerprint density at radius 1 is 0.886 bits per heavy atom. The lowest BCUT2D eigenvalue weighted by Crippen LogP contribution is -2.25. The minimum atomic E-state index is -0.722. The van der Waals surface area contributed by atoms with E-state index in [4.69, 9.17) is 4.42 Å². The minimum absolute atomic E-state index is 0.0435. The van der Waals surface area contributed by atoms with E-state index in [-0.39, 0.29) is 17.6 Å². The van der Waals surface area contributed by atoms with E-state index >= 15 is 0 Å². The van der Waals surface area contributed by atoms with Crippen LogP contribution in [0.15, 0.2) is 27.4 Å². The average molecular weight is 493 g/mol. The van der Waals surface area contributed by atoms with Gasteiger partial charge < -0.3 is 29.9 Å². The molecule has 7 heteroatoms. The number of fused-ring (bicyclic) bond motifs is 1. The molecule has 0 saturated heterocycles. The summed E-state index contributed by atoms with van der Waals surface area (Å²) in [6.07, 6.45) is 6.76. The maximum absolute atomic E-state index is 12.7. The van der Waals surface area contributed by atoms with Gasteiger partial charge in [-0.15, -0.1) is 0 Å². The van der Waals surface area contributed by atoms with Gasteiger partial charge in [0, 0.05) is 18.6 Å². The summed E-state index contributed by atoms with van der Waals surface area (Å²) in [7, 11) is 0. The van der Waals surface area contributed by atoms with Crippen molar-refractivity contribution >= 4 is 11.0 Å². The van der Waals surface area contributed by atoms with E-state index in [2.05, 4.69) is 0 Å². The third-order valence-corrected chi connectivity index (χ3v) is 6.37. The first-order valence-electron chi connectivity index (χ1n) is 13.0. The monoisotopic (exact) mass is 492 g/mol. The highest BCUT2D eigenvalue weighted by Gasteiger charge is 2.17. The van der Waals surface area contributed by atoms with Gasteiger partial charge in [-0.05, 0) is 64.5 Å².